The monoisotopic (exact) mass is 396 g/mol. The molecule has 2 aromatic heterocycles. The van der Waals surface area contributed by atoms with Crippen LogP contribution in [0.3, 0.4) is 0 Å². The number of hydrogen-bond donors (Lipinski definition) is 2. The molecule has 0 radical (unpaired) electrons. The molecule has 1 aliphatic heterocycles. The van der Waals surface area contributed by atoms with Crippen LogP contribution in [0.15, 0.2) is 36.5 Å². The quantitative estimate of drug-likeness (QED) is 0.669. The lowest BCUT2D eigenvalue weighted by Gasteiger charge is -2.22. The van der Waals surface area contributed by atoms with Crippen LogP contribution in [0.25, 0.3) is 11.3 Å². The van der Waals surface area contributed by atoms with Crippen molar-refractivity contribution in [3.8, 4) is 11.3 Å². The van der Waals surface area contributed by atoms with Crippen LogP contribution in [-0.4, -0.2) is 45.5 Å². The molecule has 7 nitrogen and oxygen atoms in total. The van der Waals surface area contributed by atoms with E-state index in [1.54, 1.807) is 17.5 Å². The normalized spacial score (nSPS) is 14.9. The van der Waals surface area contributed by atoms with Crippen molar-refractivity contribution in [2.24, 2.45) is 0 Å². The summed E-state index contributed by atoms with van der Waals surface area (Å²) >= 11 is 1.68. The molecule has 0 atom stereocenters. The van der Waals surface area contributed by atoms with Crippen molar-refractivity contribution in [3.63, 3.8) is 0 Å². The Morgan fingerprint density at radius 2 is 2.07 bits per heavy atom. The fraction of sp³-hybridized carbons (Fsp3) is 0.400. The van der Waals surface area contributed by atoms with E-state index in [9.17, 15) is 4.79 Å². The standard InChI is InChI=1S/C20H24N6OS/c1-14-19(15-5-3-2-4-6-15)23-18(28-14)9-12-22-20(27)17-13-26(25-24-17)16-7-10-21-11-8-16/h2-6,13,16,21H,7-12H2,1H3,(H,22,27). The number of amides is 1. The van der Waals surface area contributed by atoms with Gasteiger partial charge in [0.15, 0.2) is 5.69 Å². The van der Waals surface area contributed by atoms with Crippen LogP contribution >= 0.6 is 11.3 Å². The molecule has 0 bridgehead atoms. The van der Waals surface area contributed by atoms with E-state index >= 15 is 0 Å². The second-order valence-electron chi connectivity index (χ2n) is 6.95. The van der Waals surface area contributed by atoms with Crippen LogP contribution < -0.4 is 10.6 Å². The van der Waals surface area contributed by atoms with Crippen LogP contribution in [0.5, 0.6) is 0 Å². The van der Waals surface area contributed by atoms with Gasteiger partial charge in [-0.15, -0.1) is 16.4 Å². The maximum absolute atomic E-state index is 12.4. The van der Waals surface area contributed by atoms with E-state index in [1.165, 1.54) is 4.88 Å². The third-order valence-corrected chi connectivity index (χ3v) is 5.97. The second-order valence-corrected chi connectivity index (χ2v) is 8.24. The molecule has 4 rings (SSSR count). The van der Waals surface area contributed by atoms with Crippen LogP contribution in [0.2, 0.25) is 0 Å². The van der Waals surface area contributed by atoms with Gasteiger partial charge in [0, 0.05) is 23.4 Å². The molecule has 2 N–H and O–H groups in total. The number of hydrogen-bond acceptors (Lipinski definition) is 6. The molecular weight excluding hydrogens is 372 g/mol. The summed E-state index contributed by atoms with van der Waals surface area (Å²) < 4.78 is 1.83. The molecule has 3 aromatic rings. The number of benzene rings is 1. The summed E-state index contributed by atoms with van der Waals surface area (Å²) in [5.41, 5.74) is 2.52. The molecule has 0 aliphatic carbocycles. The van der Waals surface area contributed by atoms with Crippen molar-refractivity contribution in [3.05, 3.63) is 52.1 Å². The lowest BCUT2D eigenvalue weighted by Crippen LogP contribution is -2.29. The first-order valence-electron chi connectivity index (χ1n) is 9.63. The maximum Gasteiger partial charge on any atom is 0.273 e. The number of nitrogens with zero attached hydrogens (tertiary/aromatic N) is 4. The molecule has 1 amide bonds. The third-order valence-electron chi connectivity index (χ3n) is 4.94. The van der Waals surface area contributed by atoms with Gasteiger partial charge >= 0.3 is 0 Å². The third kappa shape index (κ3) is 4.28. The molecule has 1 aromatic carbocycles. The highest BCUT2D eigenvalue weighted by Crippen LogP contribution is 2.27. The van der Waals surface area contributed by atoms with Gasteiger partial charge < -0.3 is 10.6 Å². The van der Waals surface area contributed by atoms with Crippen LogP contribution in [0, 0.1) is 6.92 Å². The van der Waals surface area contributed by atoms with Gasteiger partial charge in [0.25, 0.3) is 5.91 Å². The SMILES string of the molecule is Cc1sc(CCNC(=O)c2cn(C3CCNCC3)nn2)nc1-c1ccccc1. The summed E-state index contributed by atoms with van der Waals surface area (Å²) in [5.74, 6) is -0.184. The Kier molecular flexibility index (Phi) is 5.78. The Labute approximate surface area is 168 Å². The van der Waals surface area contributed by atoms with Crippen molar-refractivity contribution < 1.29 is 4.79 Å². The van der Waals surface area contributed by atoms with Gasteiger partial charge in [-0.25, -0.2) is 9.67 Å². The van der Waals surface area contributed by atoms with Crippen LogP contribution in [-0.2, 0) is 6.42 Å². The zero-order valence-electron chi connectivity index (χ0n) is 15.9. The number of rotatable bonds is 6. The average Bonchev–Trinajstić information content (AvgIpc) is 3.36. The van der Waals surface area contributed by atoms with Crippen molar-refractivity contribution >= 4 is 17.2 Å². The van der Waals surface area contributed by atoms with Crippen molar-refractivity contribution in [2.45, 2.75) is 32.2 Å². The van der Waals surface area contributed by atoms with Gasteiger partial charge in [-0.1, -0.05) is 35.5 Å². The Morgan fingerprint density at radius 1 is 1.29 bits per heavy atom. The van der Waals surface area contributed by atoms with E-state index in [4.69, 9.17) is 4.98 Å². The fourth-order valence-corrected chi connectivity index (χ4v) is 4.38. The first-order chi connectivity index (χ1) is 13.7. The van der Waals surface area contributed by atoms with Gasteiger partial charge in [0.2, 0.25) is 0 Å². The number of aromatic nitrogens is 4. The summed E-state index contributed by atoms with van der Waals surface area (Å²) in [4.78, 5) is 18.3. The Bertz CT molecular complexity index is 929. The van der Waals surface area contributed by atoms with E-state index in [-0.39, 0.29) is 5.91 Å². The Hall–Kier alpha value is -2.58. The minimum absolute atomic E-state index is 0.184. The number of nitrogens with one attached hydrogen (secondary N) is 2. The first-order valence-corrected chi connectivity index (χ1v) is 10.4. The van der Waals surface area contributed by atoms with Crippen LogP contribution in [0.4, 0.5) is 0 Å². The van der Waals surface area contributed by atoms with E-state index in [1.807, 2.05) is 22.9 Å². The molecule has 0 spiro atoms. The molecule has 28 heavy (non-hydrogen) atoms. The first kappa shape index (κ1) is 18.8. The van der Waals surface area contributed by atoms with Crippen molar-refractivity contribution in [1.82, 2.24) is 30.6 Å². The van der Waals surface area contributed by atoms with Crippen LogP contribution in [0.1, 0.15) is 39.3 Å². The summed E-state index contributed by atoms with van der Waals surface area (Å²) in [6.45, 7) is 4.57. The zero-order valence-corrected chi connectivity index (χ0v) is 16.7. The molecule has 8 heteroatoms. The molecular formula is C20H24N6OS. The minimum atomic E-state index is -0.184. The summed E-state index contributed by atoms with van der Waals surface area (Å²) in [6, 6.07) is 10.5. The molecule has 1 saturated heterocycles. The van der Waals surface area contributed by atoms with E-state index in [2.05, 4.69) is 40.0 Å². The van der Waals surface area contributed by atoms with E-state index in [0.29, 0.717) is 24.7 Å². The lowest BCUT2D eigenvalue weighted by atomic mass is 10.1. The lowest BCUT2D eigenvalue weighted by molar-refractivity contribution is 0.0949. The Morgan fingerprint density at radius 3 is 2.86 bits per heavy atom. The smallest absolute Gasteiger partial charge is 0.273 e. The number of aryl methyl sites for hydroxylation is 1. The van der Waals surface area contributed by atoms with Gasteiger partial charge in [0.05, 0.1) is 22.9 Å². The molecule has 0 saturated carbocycles. The number of thiazole rings is 1. The highest BCUT2D eigenvalue weighted by molar-refractivity contribution is 7.12. The summed E-state index contributed by atoms with van der Waals surface area (Å²) in [6.07, 6.45) is 4.48. The van der Waals surface area contributed by atoms with Gasteiger partial charge in [-0.3, -0.25) is 4.79 Å². The van der Waals surface area contributed by atoms with Crippen molar-refractivity contribution in [1.29, 1.82) is 0 Å². The predicted octanol–water partition coefficient (Wildman–Crippen LogP) is 2.61. The highest BCUT2D eigenvalue weighted by Gasteiger charge is 2.18. The summed E-state index contributed by atoms with van der Waals surface area (Å²) in [7, 11) is 0. The molecule has 3 heterocycles. The van der Waals surface area contributed by atoms with Crippen molar-refractivity contribution in [2.75, 3.05) is 19.6 Å². The zero-order chi connectivity index (χ0) is 19.3. The minimum Gasteiger partial charge on any atom is -0.350 e. The van der Waals surface area contributed by atoms with Gasteiger partial charge in [0.1, 0.15) is 0 Å². The van der Waals surface area contributed by atoms with Gasteiger partial charge in [-0.2, -0.15) is 0 Å². The largest absolute Gasteiger partial charge is 0.350 e. The number of carbonyl (C=O) groups is 1. The fourth-order valence-electron chi connectivity index (χ4n) is 3.43. The molecule has 0 unspecified atom stereocenters. The molecule has 1 aliphatic rings. The topological polar surface area (TPSA) is 84.7 Å². The van der Waals surface area contributed by atoms with E-state index in [0.717, 1.165) is 42.2 Å². The highest BCUT2D eigenvalue weighted by atomic mass is 32.1. The predicted molar refractivity (Wildman–Crippen MR) is 109 cm³/mol. The van der Waals surface area contributed by atoms with Gasteiger partial charge in [-0.05, 0) is 32.9 Å². The summed E-state index contributed by atoms with van der Waals surface area (Å²) in [5, 5.41) is 15.5. The number of carbonyl (C=O) groups excluding carboxylic acids is 1. The Balaban J connectivity index is 1.32. The second kappa shape index (κ2) is 8.62. The maximum atomic E-state index is 12.4. The molecule has 146 valence electrons. The average molecular weight is 397 g/mol. The van der Waals surface area contributed by atoms with E-state index < -0.39 is 0 Å². The molecule has 1 fully saturated rings. The number of piperidine rings is 1.